The Morgan fingerprint density at radius 3 is 2.95 bits per heavy atom. The van der Waals surface area contributed by atoms with Crippen molar-refractivity contribution < 1.29 is 9.13 Å². The van der Waals surface area contributed by atoms with Gasteiger partial charge in [0.1, 0.15) is 0 Å². The normalized spacial score (nSPS) is 10.7. The maximum atomic E-state index is 13.9. The molecule has 0 fully saturated rings. The maximum Gasteiger partial charge on any atom is 0.219 e. The van der Waals surface area contributed by atoms with Crippen LogP contribution in [-0.4, -0.2) is 11.5 Å². The van der Waals surface area contributed by atoms with Crippen molar-refractivity contribution >= 4 is 11.6 Å². The van der Waals surface area contributed by atoms with Crippen LogP contribution in [0.25, 0.3) is 0 Å². The van der Waals surface area contributed by atoms with Crippen LogP contribution in [0.15, 0.2) is 30.5 Å². The van der Waals surface area contributed by atoms with Gasteiger partial charge in [0.15, 0.2) is 11.6 Å². The first kappa shape index (κ1) is 15.7. The molecule has 5 heteroatoms. The average Bonchev–Trinajstić information content (AvgIpc) is 2.47. The number of aryl methyl sites for hydroxylation is 1. The highest BCUT2D eigenvalue weighted by atomic mass is 35.5. The van der Waals surface area contributed by atoms with Gasteiger partial charge in [-0.3, -0.25) is 0 Å². The van der Waals surface area contributed by atoms with E-state index >= 15 is 0 Å². The molecule has 0 radical (unpaired) electrons. The van der Waals surface area contributed by atoms with Gasteiger partial charge in [-0.05, 0) is 37.1 Å². The first-order chi connectivity index (χ1) is 10.1. The first-order valence-corrected chi connectivity index (χ1v) is 7.27. The zero-order valence-corrected chi connectivity index (χ0v) is 12.9. The van der Waals surface area contributed by atoms with Crippen molar-refractivity contribution in [1.29, 1.82) is 0 Å². The molecule has 0 saturated carbocycles. The molecule has 0 amide bonds. The van der Waals surface area contributed by atoms with Crippen LogP contribution in [0.5, 0.6) is 11.6 Å². The molecule has 1 N–H and O–H groups in total. The van der Waals surface area contributed by atoms with Crippen LogP contribution in [0.4, 0.5) is 4.39 Å². The summed E-state index contributed by atoms with van der Waals surface area (Å²) >= 11 is 6.10. The van der Waals surface area contributed by atoms with E-state index in [-0.39, 0.29) is 11.6 Å². The molecule has 1 heterocycles. The average molecular weight is 309 g/mol. The molecule has 112 valence electrons. The molecule has 0 aliphatic heterocycles. The molecular weight excluding hydrogens is 291 g/mol. The summed E-state index contributed by atoms with van der Waals surface area (Å²) in [6, 6.07) is 6.74. The second kappa shape index (κ2) is 7.38. The Bertz CT molecular complexity index is 619. The fourth-order valence-electron chi connectivity index (χ4n) is 1.86. The lowest BCUT2D eigenvalue weighted by atomic mass is 10.2. The minimum Gasteiger partial charge on any atom is -0.436 e. The second-order valence-electron chi connectivity index (χ2n) is 4.78. The van der Waals surface area contributed by atoms with E-state index in [1.54, 1.807) is 31.2 Å². The third kappa shape index (κ3) is 4.16. The highest BCUT2D eigenvalue weighted by Gasteiger charge is 2.09. The minimum atomic E-state index is -0.375. The molecular formula is C16H18ClFN2O. The van der Waals surface area contributed by atoms with Crippen molar-refractivity contribution in [3.05, 3.63) is 52.4 Å². The van der Waals surface area contributed by atoms with Gasteiger partial charge in [-0.25, -0.2) is 9.37 Å². The Kier molecular flexibility index (Phi) is 5.53. The van der Waals surface area contributed by atoms with E-state index in [9.17, 15) is 4.39 Å². The topological polar surface area (TPSA) is 34.1 Å². The lowest BCUT2D eigenvalue weighted by Gasteiger charge is -2.10. The van der Waals surface area contributed by atoms with E-state index < -0.39 is 0 Å². The molecule has 2 rings (SSSR count). The third-order valence-electron chi connectivity index (χ3n) is 3.02. The standard InChI is InChI=1S/C16H18ClFN2O/c1-3-7-19-9-12-8-15(20-10-13(12)17)21-14-6-4-5-11(2)16(14)18/h4-6,8,10,19H,3,7,9H2,1-2H3. The molecule has 0 saturated heterocycles. The van der Waals surface area contributed by atoms with Gasteiger partial charge in [0.25, 0.3) is 0 Å². The number of ether oxygens (including phenoxy) is 1. The van der Waals surface area contributed by atoms with Crippen molar-refractivity contribution in [2.24, 2.45) is 0 Å². The maximum absolute atomic E-state index is 13.9. The van der Waals surface area contributed by atoms with Crippen molar-refractivity contribution in [2.45, 2.75) is 26.8 Å². The van der Waals surface area contributed by atoms with Crippen LogP contribution >= 0.6 is 11.6 Å². The Morgan fingerprint density at radius 2 is 2.19 bits per heavy atom. The predicted octanol–water partition coefficient (Wildman–Crippen LogP) is 4.47. The minimum absolute atomic E-state index is 0.164. The number of benzene rings is 1. The molecule has 3 nitrogen and oxygen atoms in total. The highest BCUT2D eigenvalue weighted by molar-refractivity contribution is 6.31. The summed E-state index contributed by atoms with van der Waals surface area (Å²) in [5.74, 6) is 0.120. The van der Waals surface area contributed by atoms with E-state index in [1.807, 2.05) is 0 Å². The van der Waals surface area contributed by atoms with E-state index in [1.165, 1.54) is 6.20 Å². The number of hydrogen-bond acceptors (Lipinski definition) is 3. The number of aromatic nitrogens is 1. The summed E-state index contributed by atoms with van der Waals surface area (Å²) in [4.78, 5) is 4.08. The van der Waals surface area contributed by atoms with Gasteiger partial charge >= 0.3 is 0 Å². The van der Waals surface area contributed by atoms with Crippen LogP contribution in [0.1, 0.15) is 24.5 Å². The molecule has 0 unspecified atom stereocenters. The van der Waals surface area contributed by atoms with Crippen molar-refractivity contribution in [1.82, 2.24) is 10.3 Å². The van der Waals surface area contributed by atoms with E-state index in [0.717, 1.165) is 18.5 Å². The number of hydrogen-bond donors (Lipinski definition) is 1. The van der Waals surface area contributed by atoms with Gasteiger partial charge in [0.2, 0.25) is 5.88 Å². The van der Waals surface area contributed by atoms with Gasteiger partial charge in [0.05, 0.1) is 5.02 Å². The Morgan fingerprint density at radius 1 is 1.38 bits per heavy atom. The van der Waals surface area contributed by atoms with E-state index in [2.05, 4.69) is 17.2 Å². The summed E-state index contributed by atoms with van der Waals surface area (Å²) in [6.45, 7) is 5.32. The van der Waals surface area contributed by atoms with Crippen LogP contribution in [0.2, 0.25) is 5.02 Å². The van der Waals surface area contributed by atoms with Gasteiger partial charge in [-0.2, -0.15) is 0 Å². The summed E-state index contributed by atoms with van der Waals surface area (Å²) in [5.41, 5.74) is 1.41. The van der Waals surface area contributed by atoms with E-state index in [4.69, 9.17) is 16.3 Å². The number of nitrogens with zero attached hydrogens (tertiary/aromatic N) is 1. The van der Waals surface area contributed by atoms with Crippen LogP contribution < -0.4 is 10.1 Å². The summed E-state index contributed by atoms with van der Waals surface area (Å²) in [5, 5.41) is 3.83. The summed E-state index contributed by atoms with van der Waals surface area (Å²) < 4.78 is 19.4. The quantitative estimate of drug-likeness (QED) is 0.799. The van der Waals surface area contributed by atoms with Crippen molar-refractivity contribution in [3.8, 4) is 11.6 Å². The Balaban J connectivity index is 2.17. The Hall–Kier alpha value is -1.65. The molecule has 0 aliphatic rings. The number of halogens is 2. The number of pyridine rings is 1. The molecule has 2 aromatic rings. The molecule has 1 aromatic heterocycles. The smallest absolute Gasteiger partial charge is 0.219 e. The van der Waals surface area contributed by atoms with Crippen LogP contribution in [0.3, 0.4) is 0 Å². The third-order valence-corrected chi connectivity index (χ3v) is 3.36. The molecule has 0 bridgehead atoms. The largest absolute Gasteiger partial charge is 0.436 e. The first-order valence-electron chi connectivity index (χ1n) is 6.90. The highest BCUT2D eigenvalue weighted by Crippen LogP contribution is 2.27. The number of rotatable bonds is 6. The lowest BCUT2D eigenvalue weighted by Crippen LogP contribution is -2.14. The summed E-state index contributed by atoms with van der Waals surface area (Å²) in [7, 11) is 0. The van der Waals surface area contributed by atoms with Gasteiger partial charge in [-0.15, -0.1) is 0 Å². The fraction of sp³-hybridized carbons (Fsp3) is 0.312. The lowest BCUT2D eigenvalue weighted by molar-refractivity contribution is 0.425. The SMILES string of the molecule is CCCNCc1cc(Oc2cccc(C)c2F)ncc1Cl. The monoisotopic (exact) mass is 308 g/mol. The van der Waals surface area contributed by atoms with Crippen LogP contribution in [0, 0.1) is 12.7 Å². The Labute approximate surface area is 129 Å². The van der Waals surface area contributed by atoms with Gasteiger partial charge in [0, 0.05) is 18.8 Å². The van der Waals surface area contributed by atoms with Crippen molar-refractivity contribution in [3.63, 3.8) is 0 Å². The predicted molar refractivity (Wildman–Crippen MR) is 82.5 cm³/mol. The zero-order valence-electron chi connectivity index (χ0n) is 12.1. The van der Waals surface area contributed by atoms with Gasteiger partial charge < -0.3 is 10.1 Å². The molecule has 0 atom stereocenters. The molecule has 1 aromatic carbocycles. The van der Waals surface area contributed by atoms with E-state index in [0.29, 0.717) is 23.0 Å². The molecule has 0 aliphatic carbocycles. The van der Waals surface area contributed by atoms with Crippen molar-refractivity contribution in [2.75, 3.05) is 6.54 Å². The molecule has 0 spiro atoms. The number of nitrogens with one attached hydrogen (secondary N) is 1. The summed E-state index contributed by atoms with van der Waals surface area (Å²) in [6.07, 6.45) is 2.56. The fourth-order valence-corrected chi connectivity index (χ4v) is 2.03. The van der Waals surface area contributed by atoms with Gasteiger partial charge in [-0.1, -0.05) is 30.7 Å². The molecule has 21 heavy (non-hydrogen) atoms. The zero-order chi connectivity index (χ0) is 15.2. The second-order valence-corrected chi connectivity index (χ2v) is 5.19. The van der Waals surface area contributed by atoms with Crippen LogP contribution in [-0.2, 0) is 6.54 Å².